The zero-order chi connectivity index (χ0) is 16.9. The number of furan rings is 1. The monoisotopic (exact) mass is 329 g/mol. The Morgan fingerprint density at radius 1 is 1.25 bits per heavy atom. The standard InChI is InChI=1S/C17H19N3O4/c21-14(15-4-2-8-24-15)10-18-16(22)5-1-3-11-6-7-12-13(9-11)20-17(23)19-12/h2,4,6-9,14,21H,1,3,5,10H2,(H,18,22)(H2,19,20,23). The number of rotatable bonds is 7. The molecule has 0 spiro atoms. The maximum absolute atomic E-state index is 11.8. The van der Waals surface area contributed by atoms with Crippen LogP contribution in [0.2, 0.25) is 0 Å². The van der Waals surface area contributed by atoms with Crippen molar-refractivity contribution in [1.82, 2.24) is 15.3 Å². The molecule has 0 aliphatic carbocycles. The van der Waals surface area contributed by atoms with Crippen LogP contribution in [0.4, 0.5) is 0 Å². The number of hydrogen-bond donors (Lipinski definition) is 4. The Balaban J connectivity index is 1.43. The lowest BCUT2D eigenvalue weighted by Gasteiger charge is -2.09. The first-order chi connectivity index (χ1) is 11.6. The van der Waals surface area contributed by atoms with E-state index in [1.165, 1.54) is 6.26 Å². The number of aromatic amines is 2. The number of aromatic nitrogens is 2. The van der Waals surface area contributed by atoms with Gasteiger partial charge < -0.3 is 24.8 Å². The van der Waals surface area contributed by atoms with Crippen LogP contribution in [0.15, 0.2) is 45.8 Å². The molecule has 2 heterocycles. The lowest BCUT2D eigenvalue weighted by molar-refractivity contribution is -0.121. The molecule has 1 aromatic carbocycles. The van der Waals surface area contributed by atoms with Gasteiger partial charge in [0.25, 0.3) is 0 Å². The largest absolute Gasteiger partial charge is 0.467 e. The summed E-state index contributed by atoms with van der Waals surface area (Å²) in [4.78, 5) is 28.5. The van der Waals surface area contributed by atoms with E-state index in [9.17, 15) is 14.7 Å². The molecular formula is C17H19N3O4. The van der Waals surface area contributed by atoms with E-state index < -0.39 is 6.10 Å². The minimum Gasteiger partial charge on any atom is -0.467 e. The molecular weight excluding hydrogens is 310 g/mol. The van der Waals surface area contributed by atoms with E-state index in [1.54, 1.807) is 12.1 Å². The van der Waals surface area contributed by atoms with Gasteiger partial charge in [0.1, 0.15) is 11.9 Å². The van der Waals surface area contributed by atoms with Crippen LogP contribution in [-0.2, 0) is 11.2 Å². The smallest absolute Gasteiger partial charge is 0.323 e. The number of fused-ring (bicyclic) bond motifs is 1. The Bertz CT molecular complexity index is 863. The van der Waals surface area contributed by atoms with Crippen molar-refractivity contribution >= 4 is 16.9 Å². The average Bonchev–Trinajstić information content (AvgIpc) is 3.20. The van der Waals surface area contributed by atoms with Crippen molar-refractivity contribution in [2.75, 3.05) is 6.54 Å². The van der Waals surface area contributed by atoms with Crippen LogP contribution in [-0.4, -0.2) is 27.5 Å². The van der Waals surface area contributed by atoms with Gasteiger partial charge in [-0.05, 0) is 42.7 Å². The van der Waals surface area contributed by atoms with Crippen LogP contribution in [0.25, 0.3) is 11.0 Å². The number of amides is 1. The number of imidazole rings is 1. The molecule has 4 N–H and O–H groups in total. The highest BCUT2D eigenvalue weighted by Gasteiger charge is 2.11. The summed E-state index contributed by atoms with van der Waals surface area (Å²) in [6.45, 7) is 0.128. The molecule has 24 heavy (non-hydrogen) atoms. The van der Waals surface area contributed by atoms with Gasteiger partial charge in [-0.1, -0.05) is 6.07 Å². The Morgan fingerprint density at radius 2 is 2.08 bits per heavy atom. The molecule has 3 rings (SSSR count). The predicted octanol–water partition coefficient (Wildman–Crippen LogP) is 1.62. The van der Waals surface area contributed by atoms with Gasteiger partial charge in [-0.15, -0.1) is 0 Å². The van der Waals surface area contributed by atoms with Crippen molar-refractivity contribution in [3.63, 3.8) is 0 Å². The first kappa shape index (κ1) is 16.1. The molecule has 0 aliphatic rings. The van der Waals surface area contributed by atoms with Gasteiger partial charge in [-0.3, -0.25) is 4.79 Å². The van der Waals surface area contributed by atoms with E-state index in [-0.39, 0.29) is 18.1 Å². The molecule has 0 radical (unpaired) electrons. The molecule has 0 bridgehead atoms. The molecule has 0 aliphatic heterocycles. The maximum Gasteiger partial charge on any atom is 0.323 e. The van der Waals surface area contributed by atoms with E-state index in [0.29, 0.717) is 18.6 Å². The van der Waals surface area contributed by atoms with Gasteiger partial charge in [-0.25, -0.2) is 4.79 Å². The lowest BCUT2D eigenvalue weighted by atomic mass is 10.1. The van der Waals surface area contributed by atoms with Crippen LogP contribution in [0.1, 0.15) is 30.3 Å². The summed E-state index contributed by atoms with van der Waals surface area (Å²) in [5.74, 6) is 0.320. The molecule has 0 fully saturated rings. The molecule has 2 aromatic heterocycles. The van der Waals surface area contributed by atoms with Crippen molar-refractivity contribution in [2.24, 2.45) is 0 Å². The molecule has 3 aromatic rings. The van der Waals surface area contributed by atoms with Gasteiger partial charge >= 0.3 is 5.69 Å². The second-order valence-electron chi connectivity index (χ2n) is 5.65. The van der Waals surface area contributed by atoms with Crippen LogP contribution in [0.3, 0.4) is 0 Å². The topological polar surface area (TPSA) is 111 Å². The Labute approximate surface area is 137 Å². The van der Waals surface area contributed by atoms with Crippen molar-refractivity contribution < 1.29 is 14.3 Å². The van der Waals surface area contributed by atoms with Crippen LogP contribution < -0.4 is 11.0 Å². The number of carbonyl (C=O) groups excluding carboxylic acids is 1. The second-order valence-corrected chi connectivity index (χ2v) is 5.65. The maximum atomic E-state index is 11.8. The molecule has 1 amide bonds. The molecule has 126 valence electrons. The highest BCUT2D eigenvalue weighted by molar-refractivity contribution is 5.76. The minimum absolute atomic E-state index is 0.114. The first-order valence-electron chi connectivity index (χ1n) is 7.81. The number of hydrogen-bond acceptors (Lipinski definition) is 4. The third-order valence-corrected chi connectivity index (χ3v) is 3.81. The van der Waals surface area contributed by atoms with E-state index in [2.05, 4.69) is 15.3 Å². The van der Waals surface area contributed by atoms with Gasteiger partial charge in [0.15, 0.2) is 0 Å². The molecule has 0 saturated carbocycles. The van der Waals surface area contributed by atoms with Gasteiger partial charge in [0.05, 0.1) is 23.8 Å². The fourth-order valence-corrected chi connectivity index (χ4v) is 2.57. The minimum atomic E-state index is -0.836. The van der Waals surface area contributed by atoms with Crippen LogP contribution in [0.5, 0.6) is 0 Å². The number of aliphatic hydroxyl groups excluding tert-OH is 1. The first-order valence-corrected chi connectivity index (χ1v) is 7.81. The number of nitrogens with one attached hydrogen (secondary N) is 3. The number of aryl methyl sites for hydroxylation is 1. The Morgan fingerprint density at radius 3 is 2.88 bits per heavy atom. The summed E-state index contributed by atoms with van der Waals surface area (Å²) in [5, 5.41) is 12.5. The molecule has 1 atom stereocenters. The van der Waals surface area contributed by atoms with Crippen LogP contribution in [0, 0.1) is 0 Å². The highest BCUT2D eigenvalue weighted by Crippen LogP contribution is 2.13. The quantitative estimate of drug-likeness (QED) is 0.528. The van der Waals surface area contributed by atoms with E-state index in [0.717, 1.165) is 23.0 Å². The fourth-order valence-electron chi connectivity index (χ4n) is 2.57. The Hall–Kier alpha value is -2.80. The normalized spacial score (nSPS) is 12.4. The third-order valence-electron chi connectivity index (χ3n) is 3.81. The number of benzene rings is 1. The van der Waals surface area contributed by atoms with Crippen molar-refractivity contribution in [3.8, 4) is 0 Å². The highest BCUT2D eigenvalue weighted by atomic mass is 16.4. The summed E-state index contributed by atoms with van der Waals surface area (Å²) in [5.41, 5.74) is 2.37. The summed E-state index contributed by atoms with van der Waals surface area (Å²) < 4.78 is 5.07. The molecule has 7 nitrogen and oxygen atoms in total. The van der Waals surface area contributed by atoms with E-state index >= 15 is 0 Å². The zero-order valence-electron chi connectivity index (χ0n) is 13.0. The predicted molar refractivity (Wildman–Crippen MR) is 88.5 cm³/mol. The van der Waals surface area contributed by atoms with Gasteiger partial charge in [-0.2, -0.15) is 0 Å². The molecule has 0 saturated heterocycles. The molecule has 7 heteroatoms. The van der Waals surface area contributed by atoms with E-state index in [4.69, 9.17) is 4.42 Å². The van der Waals surface area contributed by atoms with Crippen molar-refractivity contribution in [3.05, 3.63) is 58.4 Å². The summed E-state index contributed by atoms with van der Waals surface area (Å²) in [7, 11) is 0. The number of H-pyrrole nitrogens is 2. The summed E-state index contributed by atoms with van der Waals surface area (Å²) >= 11 is 0. The summed E-state index contributed by atoms with van der Waals surface area (Å²) in [6.07, 6.45) is 2.43. The van der Waals surface area contributed by atoms with Crippen molar-refractivity contribution in [2.45, 2.75) is 25.4 Å². The van der Waals surface area contributed by atoms with Gasteiger partial charge in [0, 0.05) is 6.42 Å². The van der Waals surface area contributed by atoms with E-state index in [1.807, 2.05) is 18.2 Å². The zero-order valence-corrected chi connectivity index (χ0v) is 13.0. The fraction of sp³-hybridized carbons (Fsp3) is 0.294. The number of aliphatic hydroxyl groups is 1. The average molecular weight is 329 g/mol. The van der Waals surface area contributed by atoms with Crippen LogP contribution >= 0.6 is 0 Å². The third kappa shape index (κ3) is 3.94. The van der Waals surface area contributed by atoms with Gasteiger partial charge in [0.2, 0.25) is 5.91 Å². The summed E-state index contributed by atoms with van der Waals surface area (Å²) in [6, 6.07) is 9.05. The molecule has 1 unspecified atom stereocenters. The number of carbonyl (C=O) groups is 1. The lowest BCUT2D eigenvalue weighted by Crippen LogP contribution is -2.28. The SMILES string of the molecule is O=C(CCCc1ccc2[nH]c(=O)[nH]c2c1)NCC(O)c1ccco1. The second kappa shape index (κ2) is 7.18. The Kier molecular flexibility index (Phi) is 4.81. The van der Waals surface area contributed by atoms with Crippen molar-refractivity contribution in [1.29, 1.82) is 0 Å².